The zero-order valence-corrected chi connectivity index (χ0v) is 9.27. The van der Waals surface area contributed by atoms with Crippen LogP contribution in [0.15, 0.2) is 0 Å². The molecule has 1 amide bonds. The largest absolute Gasteiger partial charge is 0.480 e. The van der Waals surface area contributed by atoms with Crippen molar-refractivity contribution in [2.45, 2.75) is 26.7 Å². The zero-order chi connectivity index (χ0) is 11.4. The predicted octanol–water partition coefficient (Wildman–Crippen LogP) is 0.566. The Balaban J connectivity index is 2.63. The fourth-order valence-corrected chi connectivity index (χ4v) is 1.70. The van der Waals surface area contributed by atoms with E-state index >= 15 is 0 Å². The number of amides is 1. The summed E-state index contributed by atoms with van der Waals surface area (Å²) in [6.07, 6.45) is 1.28. The molecule has 1 aliphatic rings. The van der Waals surface area contributed by atoms with Crippen molar-refractivity contribution < 1.29 is 14.7 Å². The summed E-state index contributed by atoms with van der Waals surface area (Å²) in [5, 5.41) is 11.9. The third kappa shape index (κ3) is 3.51. The maximum Gasteiger partial charge on any atom is 0.319 e. The number of hydrazine groups is 1. The van der Waals surface area contributed by atoms with E-state index in [2.05, 4.69) is 0 Å². The van der Waals surface area contributed by atoms with Crippen LogP contribution in [0.5, 0.6) is 0 Å². The smallest absolute Gasteiger partial charge is 0.319 e. The highest BCUT2D eigenvalue weighted by atomic mass is 16.4. The summed E-state index contributed by atoms with van der Waals surface area (Å²) in [7, 11) is 0. The first kappa shape index (κ1) is 12.0. The Kier molecular flexibility index (Phi) is 4.08. The molecule has 0 saturated carbocycles. The first-order valence-electron chi connectivity index (χ1n) is 5.27. The molecule has 1 heterocycles. The lowest BCUT2D eigenvalue weighted by Crippen LogP contribution is -2.53. The van der Waals surface area contributed by atoms with Crippen LogP contribution < -0.4 is 0 Å². The van der Waals surface area contributed by atoms with Gasteiger partial charge in [-0.1, -0.05) is 13.8 Å². The van der Waals surface area contributed by atoms with Gasteiger partial charge in [-0.3, -0.25) is 14.6 Å². The van der Waals surface area contributed by atoms with Gasteiger partial charge in [-0.15, -0.1) is 0 Å². The van der Waals surface area contributed by atoms with E-state index in [1.54, 1.807) is 10.0 Å². The minimum Gasteiger partial charge on any atom is -0.480 e. The summed E-state index contributed by atoms with van der Waals surface area (Å²) in [5.41, 5.74) is 0. The third-order valence-electron chi connectivity index (χ3n) is 2.29. The molecular weight excluding hydrogens is 196 g/mol. The Morgan fingerprint density at radius 2 is 2.20 bits per heavy atom. The lowest BCUT2D eigenvalue weighted by molar-refractivity contribution is -0.162. The van der Waals surface area contributed by atoms with Gasteiger partial charge in [0.1, 0.15) is 6.54 Å². The number of hydrogen-bond acceptors (Lipinski definition) is 3. The van der Waals surface area contributed by atoms with Gasteiger partial charge in [-0.2, -0.15) is 0 Å². The summed E-state index contributed by atoms with van der Waals surface area (Å²) >= 11 is 0. The van der Waals surface area contributed by atoms with Crippen LogP contribution in [0, 0.1) is 5.92 Å². The number of aliphatic carboxylic acids is 1. The molecule has 0 aliphatic carbocycles. The Morgan fingerprint density at radius 1 is 1.53 bits per heavy atom. The van der Waals surface area contributed by atoms with Gasteiger partial charge in [0.25, 0.3) is 0 Å². The number of carbonyl (C=O) groups is 2. The summed E-state index contributed by atoms with van der Waals surface area (Å²) in [5.74, 6) is -0.502. The second-order valence-corrected chi connectivity index (χ2v) is 4.26. The Hall–Kier alpha value is -1.10. The van der Waals surface area contributed by atoms with E-state index in [4.69, 9.17) is 5.11 Å². The van der Waals surface area contributed by atoms with Crippen LogP contribution >= 0.6 is 0 Å². The van der Waals surface area contributed by atoms with E-state index in [1.165, 1.54) is 0 Å². The van der Waals surface area contributed by atoms with E-state index in [-0.39, 0.29) is 12.5 Å². The van der Waals surface area contributed by atoms with Crippen molar-refractivity contribution in [2.24, 2.45) is 5.92 Å². The summed E-state index contributed by atoms with van der Waals surface area (Å²) in [4.78, 5) is 22.2. The topological polar surface area (TPSA) is 60.9 Å². The normalized spacial score (nSPS) is 18.6. The Labute approximate surface area is 89.6 Å². The Morgan fingerprint density at radius 3 is 2.73 bits per heavy atom. The zero-order valence-electron chi connectivity index (χ0n) is 9.27. The Bertz CT molecular complexity index is 253. The van der Waals surface area contributed by atoms with Crippen molar-refractivity contribution in [3.8, 4) is 0 Å². The fraction of sp³-hybridized carbons (Fsp3) is 0.800. The highest BCUT2D eigenvalue weighted by Crippen LogP contribution is 2.13. The minimum atomic E-state index is -0.890. The molecule has 15 heavy (non-hydrogen) atoms. The number of nitrogens with zero attached hydrogens (tertiary/aromatic N) is 2. The predicted molar refractivity (Wildman–Crippen MR) is 55.0 cm³/mol. The van der Waals surface area contributed by atoms with Crippen molar-refractivity contribution in [3.05, 3.63) is 0 Å². The molecule has 0 aromatic rings. The van der Waals surface area contributed by atoms with Crippen molar-refractivity contribution in [3.63, 3.8) is 0 Å². The molecular formula is C10H18N2O3. The molecule has 1 rings (SSSR count). The van der Waals surface area contributed by atoms with Gasteiger partial charge in [0, 0.05) is 19.5 Å². The van der Waals surface area contributed by atoms with Gasteiger partial charge in [-0.05, 0) is 12.3 Å². The van der Waals surface area contributed by atoms with Crippen molar-refractivity contribution in [1.82, 2.24) is 10.0 Å². The van der Waals surface area contributed by atoms with E-state index in [0.29, 0.717) is 25.4 Å². The average Bonchev–Trinajstić information content (AvgIpc) is 2.09. The lowest BCUT2D eigenvalue weighted by Gasteiger charge is -2.38. The molecule has 1 aliphatic heterocycles. The summed E-state index contributed by atoms with van der Waals surface area (Å²) in [6, 6.07) is 0. The fourth-order valence-electron chi connectivity index (χ4n) is 1.70. The van der Waals surface area contributed by atoms with E-state index in [9.17, 15) is 9.59 Å². The molecule has 0 aromatic heterocycles. The number of carbonyl (C=O) groups excluding carboxylic acids is 1. The average molecular weight is 214 g/mol. The third-order valence-corrected chi connectivity index (χ3v) is 2.29. The van der Waals surface area contributed by atoms with Gasteiger partial charge in [0.15, 0.2) is 0 Å². The van der Waals surface area contributed by atoms with Crippen molar-refractivity contribution >= 4 is 11.9 Å². The van der Waals surface area contributed by atoms with Gasteiger partial charge in [0.05, 0.1) is 0 Å². The van der Waals surface area contributed by atoms with Crippen LogP contribution in [0.25, 0.3) is 0 Å². The molecule has 0 radical (unpaired) electrons. The second kappa shape index (κ2) is 5.11. The first-order valence-corrected chi connectivity index (χ1v) is 5.27. The SMILES string of the molecule is CC(C)CN1C(=O)CCCN1CC(=O)O. The highest BCUT2D eigenvalue weighted by molar-refractivity contribution is 5.77. The quantitative estimate of drug-likeness (QED) is 0.743. The van der Waals surface area contributed by atoms with Gasteiger partial charge < -0.3 is 5.11 Å². The second-order valence-electron chi connectivity index (χ2n) is 4.26. The molecule has 1 fully saturated rings. The van der Waals surface area contributed by atoms with Crippen LogP contribution in [0.3, 0.4) is 0 Å². The highest BCUT2D eigenvalue weighted by Gasteiger charge is 2.27. The first-order chi connectivity index (χ1) is 7.00. The van der Waals surface area contributed by atoms with Crippen LogP contribution in [0.2, 0.25) is 0 Å². The van der Waals surface area contributed by atoms with E-state index in [0.717, 1.165) is 6.42 Å². The molecule has 0 atom stereocenters. The molecule has 0 spiro atoms. The molecule has 5 heteroatoms. The molecule has 0 aromatic carbocycles. The number of hydrogen-bond donors (Lipinski definition) is 1. The number of carboxylic acids is 1. The molecule has 1 saturated heterocycles. The van der Waals surface area contributed by atoms with Crippen LogP contribution in [0.4, 0.5) is 0 Å². The van der Waals surface area contributed by atoms with E-state index in [1.807, 2.05) is 13.8 Å². The summed E-state index contributed by atoms with van der Waals surface area (Å²) in [6.45, 7) is 5.21. The molecule has 5 nitrogen and oxygen atoms in total. The van der Waals surface area contributed by atoms with Crippen LogP contribution in [-0.2, 0) is 9.59 Å². The van der Waals surface area contributed by atoms with Gasteiger partial charge >= 0.3 is 5.97 Å². The molecule has 0 unspecified atom stereocenters. The molecule has 1 N–H and O–H groups in total. The monoisotopic (exact) mass is 214 g/mol. The van der Waals surface area contributed by atoms with Crippen LogP contribution in [-0.4, -0.2) is 46.6 Å². The van der Waals surface area contributed by atoms with Crippen molar-refractivity contribution in [1.29, 1.82) is 0 Å². The maximum absolute atomic E-state index is 11.6. The minimum absolute atomic E-state index is 0.0381. The van der Waals surface area contributed by atoms with Gasteiger partial charge in [-0.25, -0.2) is 5.01 Å². The van der Waals surface area contributed by atoms with Crippen molar-refractivity contribution in [2.75, 3.05) is 19.6 Å². The maximum atomic E-state index is 11.6. The molecule has 86 valence electrons. The van der Waals surface area contributed by atoms with E-state index < -0.39 is 5.97 Å². The van der Waals surface area contributed by atoms with Gasteiger partial charge in [0.2, 0.25) is 5.91 Å². The van der Waals surface area contributed by atoms with Crippen LogP contribution in [0.1, 0.15) is 26.7 Å². The standard InChI is InChI=1S/C10H18N2O3/c1-8(2)6-12-9(13)4-3-5-11(12)7-10(14)15/h8H,3-7H2,1-2H3,(H,14,15). The lowest BCUT2D eigenvalue weighted by atomic mass is 10.2. The number of carboxylic acid groups (broad SMARTS) is 1. The number of rotatable bonds is 4. The summed E-state index contributed by atoms with van der Waals surface area (Å²) < 4.78 is 0. The molecule has 0 bridgehead atoms.